The molecule has 0 radical (unpaired) electrons. The minimum atomic E-state index is -0.0365. The van der Waals surface area contributed by atoms with Gasteiger partial charge >= 0.3 is 0 Å². The number of furan rings is 1. The Morgan fingerprint density at radius 3 is 3.04 bits per heavy atom. The van der Waals surface area contributed by atoms with Crippen LogP contribution >= 0.6 is 0 Å². The van der Waals surface area contributed by atoms with Crippen LogP contribution in [0.2, 0.25) is 0 Å². The Kier molecular flexibility index (Phi) is 3.69. The second-order valence-corrected chi connectivity index (χ2v) is 5.95. The van der Waals surface area contributed by atoms with E-state index in [-0.39, 0.29) is 5.91 Å². The third-order valence-corrected chi connectivity index (χ3v) is 4.51. The number of rotatable bonds is 3. The second kappa shape index (κ2) is 6.00. The lowest BCUT2D eigenvalue weighted by Gasteiger charge is -2.25. The number of pyridine rings is 1. The van der Waals surface area contributed by atoms with Crippen LogP contribution in [0.5, 0.6) is 0 Å². The number of fused-ring (bicyclic) bond motifs is 1. The van der Waals surface area contributed by atoms with Crippen molar-refractivity contribution in [2.45, 2.75) is 19.8 Å². The highest BCUT2D eigenvalue weighted by Crippen LogP contribution is 2.28. The third kappa shape index (κ3) is 2.52. The Labute approximate surface area is 140 Å². The van der Waals surface area contributed by atoms with Gasteiger partial charge in [0.25, 0.3) is 5.91 Å². The van der Waals surface area contributed by atoms with E-state index in [0.29, 0.717) is 18.8 Å². The van der Waals surface area contributed by atoms with Gasteiger partial charge in [-0.15, -0.1) is 0 Å². The van der Waals surface area contributed by atoms with E-state index >= 15 is 0 Å². The van der Waals surface area contributed by atoms with Gasteiger partial charge in [0.15, 0.2) is 5.76 Å². The summed E-state index contributed by atoms with van der Waals surface area (Å²) in [6, 6.07) is 7.66. The SMILES string of the molecule is CCc1ccc(C(=O)N2CC=C(c3c[nH]c4ncccc34)CC2)o1. The smallest absolute Gasteiger partial charge is 0.289 e. The molecule has 0 saturated carbocycles. The number of hydrogen-bond donors (Lipinski definition) is 1. The van der Waals surface area contributed by atoms with E-state index in [1.54, 1.807) is 12.3 Å². The van der Waals surface area contributed by atoms with E-state index < -0.39 is 0 Å². The summed E-state index contributed by atoms with van der Waals surface area (Å²) in [6.07, 6.45) is 7.54. The van der Waals surface area contributed by atoms with Crippen LogP contribution in [0.4, 0.5) is 0 Å². The van der Waals surface area contributed by atoms with Crippen molar-refractivity contribution in [1.82, 2.24) is 14.9 Å². The number of carbonyl (C=O) groups is 1. The van der Waals surface area contributed by atoms with E-state index in [1.165, 1.54) is 11.1 Å². The first-order valence-electron chi connectivity index (χ1n) is 8.25. The average molecular weight is 321 g/mol. The van der Waals surface area contributed by atoms with Crippen LogP contribution in [0.1, 0.15) is 35.2 Å². The summed E-state index contributed by atoms with van der Waals surface area (Å²) in [5.41, 5.74) is 3.33. The standard InChI is InChI=1S/C19H19N3O2/c1-2-14-5-6-17(24-14)19(23)22-10-7-13(8-11-22)16-12-21-18-15(16)4-3-9-20-18/h3-7,9,12H,2,8,10-11H2,1H3,(H,20,21). The van der Waals surface area contributed by atoms with Crippen molar-refractivity contribution in [3.63, 3.8) is 0 Å². The number of aromatic nitrogens is 2. The van der Waals surface area contributed by atoms with Crippen LogP contribution in [0.15, 0.2) is 47.2 Å². The van der Waals surface area contributed by atoms with E-state index in [2.05, 4.69) is 22.1 Å². The number of hydrogen-bond acceptors (Lipinski definition) is 3. The number of aryl methyl sites for hydroxylation is 1. The molecule has 122 valence electrons. The minimum Gasteiger partial charge on any atom is -0.456 e. The summed E-state index contributed by atoms with van der Waals surface area (Å²) < 4.78 is 5.58. The van der Waals surface area contributed by atoms with Crippen LogP contribution in [0.3, 0.4) is 0 Å². The normalized spacial score (nSPS) is 14.9. The molecule has 5 heteroatoms. The number of amides is 1. The Bertz CT molecular complexity index is 919. The number of nitrogens with one attached hydrogen (secondary N) is 1. The van der Waals surface area contributed by atoms with E-state index in [9.17, 15) is 4.79 Å². The molecule has 1 amide bonds. The maximum Gasteiger partial charge on any atom is 0.289 e. The Morgan fingerprint density at radius 2 is 2.29 bits per heavy atom. The molecule has 0 spiro atoms. The average Bonchev–Trinajstić information content (AvgIpc) is 3.28. The van der Waals surface area contributed by atoms with Gasteiger partial charge in [-0.25, -0.2) is 4.98 Å². The van der Waals surface area contributed by atoms with Gasteiger partial charge in [-0.05, 0) is 36.3 Å². The summed E-state index contributed by atoms with van der Waals surface area (Å²) in [7, 11) is 0. The summed E-state index contributed by atoms with van der Waals surface area (Å²) >= 11 is 0. The monoisotopic (exact) mass is 321 g/mol. The molecule has 4 rings (SSSR count). The molecule has 5 nitrogen and oxygen atoms in total. The first-order valence-corrected chi connectivity index (χ1v) is 8.25. The van der Waals surface area contributed by atoms with Gasteiger partial charge in [0.05, 0.1) is 0 Å². The fraction of sp³-hybridized carbons (Fsp3) is 0.263. The molecule has 1 aliphatic heterocycles. The molecule has 0 atom stereocenters. The minimum absolute atomic E-state index is 0.0365. The molecule has 0 aromatic carbocycles. The Hall–Kier alpha value is -2.82. The predicted octanol–water partition coefficient (Wildman–Crippen LogP) is 3.65. The molecule has 24 heavy (non-hydrogen) atoms. The first kappa shape index (κ1) is 14.8. The molecule has 1 N–H and O–H groups in total. The molecule has 3 aromatic heterocycles. The molecule has 0 bridgehead atoms. The molecular weight excluding hydrogens is 302 g/mol. The van der Waals surface area contributed by atoms with Gasteiger partial charge in [0.1, 0.15) is 11.4 Å². The van der Waals surface area contributed by atoms with Crippen molar-refractivity contribution < 1.29 is 9.21 Å². The first-order chi connectivity index (χ1) is 11.8. The van der Waals surface area contributed by atoms with E-state index in [4.69, 9.17) is 4.42 Å². The number of aromatic amines is 1. The topological polar surface area (TPSA) is 62.1 Å². The number of H-pyrrole nitrogens is 1. The zero-order valence-corrected chi connectivity index (χ0v) is 13.6. The summed E-state index contributed by atoms with van der Waals surface area (Å²) in [6.45, 7) is 3.31. The predicted molar refractivity (Wildman–Crippen MR) is 92.7 cm³/mol. The highest BCUT2D eigenvalue weighted by Gasteiger charge is 2.22. The molecule has 0 fully saturated rings. The van der Waals surface area contributed by atoms with Crippen molar-refractivity contribution in [1.29, 1.82) is 0 Å². The van der Waals surface area contributed by atoms with E-state index in [1.807, 2.05) is 30.2 Å². The van der Waals surface area contributed by atoms with Gasteiger partial charge in [-0.3, -0.25) is 4.79 Å². The fourth-order valence-electron chi connectivity index (χ4n) is 3.16. The maximum absolute atomic E-state index is 12.5. The van der Waals surface area contributed by atoms with Crippen molar-refractivity contribution >= 4 is 22.5 Å². The lowest BCUT2D eigenvalue weighted by molar-refractivity contribution is 0.0739. The molecule has 1 aliphatic rings. The lowest BCUT2D eigenvalue weighted by atomic mass is 9.99. The zero-order valence-electron chi connectivity index (χ0n) is 13.6. The number of nitrogens with zero attached hydrogens (tertiary/aromatic N) is 2. The third-order valence-electron chi connectivity index (χ3n) is 4.51. The van der Waals surface area contributed by atoms with Gasteiger partial charge in [-0.2, -0.15) is 0 Å². The van der Waals surface area contributed by atoms with Gasteiger partial charge in [-0.1, -0.05) is 13.0 Å². The van der Waals surface area contributed by atoms with Crippen molar-refractivity contribution in [3.05, 3.63) is 59.8 Å². The largest absolute Gasteiger partial charge is 0.456 e. The summed E-state index contributed by atoms with van der Waals surface area (Å²) in [4.78, 5) is 21.9. The van der Waals surface area contributed by atoms with E-state index in [0.717, 1.165) is 29.6 Å². The maximum atomic E-state index is 12.5. The van der Waals surface area contributed by atoms with Crippen LogP contribution in [0.25, 0.3) is 16.6 Å². The summed E-state index contributed by atoms with van der Waals surface area (Å²) in [5, 5.41) is 1.13. The molecule has 0 unspecified atom stereocenters. The van der Waals surface area contributed by atoms with Crippen LogP contribution in [-0.2, 0) is 6.42 Å². The zero-order chi connectivity index (χ0) is 16.5. The van der Waals surface area contributed by atoms with Crippen molar-refractivity contribution in [2.75, 3.05) is 13.1 Å². The van der Waals surface area contributed by atoms with Crippen LogP contribution < -0.4 is 0 Å². The summed E-state index contributed by atoms with van der Waals surface area (Å²) in [5.74, 6) is 1.24. The molecule has 0 aliphatic carbocycles. The molecule has 4 heterocycles. The van der Waals surface area contributed by atoms with Gasteiger partial charge in [0.2, 0.25) is 0 Å². The lowest BCUT2D eigenvalue weighted by Crippen LogP contribution is -2.34. The highest BCUT2D eigenvalue weighted by atomic mass is 16.4. The van der Waals surface area contributed by atoms with Crippen LogP contribution in [-0.4, -0.2) is 33.9 Å². The molecule has 0 saturated heterocycles. The second-order valence-electron chi connectivity index (χ2n) is 5.95. The van der Waals surface area contributed by atoms with Gasteiger partial charge < -0.3 is 14.3 Å². The molecular formula is C19H19N3O2. The number of carbonyl (C=O) groups excluding carboxylic acids is 1. The Morgan fingerprint density at radius 1 is 1.38 bits per heavy atom. The quantitative estimate of drug-likeness (QED) is 0.801. The highest BCUT2D eigenvalue weighted by molar-refractivity contribution is 5.94. The van der Waals surface area contributed by atoms with Gasteiger partial charge in [0, 0.05) is 42.9 Å². The van der Waals surface area contributed by atoms with Crippen molar-refractivity contribution in [2.24, 2.45) is 0 Å². The Balaban J connectivity index is 1.53. The molecule has 3 aromatic rings. The fourth-order valence-corrected chi connectivity index (χ4v) is 3.16. The van der Waals surface area contributed by atoms with Crippen LogP contribution in [0, 0.1) is 0 Å². The van der Waals surface area contributed by atoms with Crippen molar-refractivity contribution in [3.8, 4) is 0 Å².